The molecule has 0 aliphatic heterocycles. The molecule has 1 saturated carbocycles. The van der Waals surface area contributed by atoms with Crippen molar-refractivity contribution in [3.63, 3.8) is 0 Å². The number of rotatable bonds is 2. The number of oxime groups is 1. The minimum atomic E-state index is -0.519. The lowest BCUT2D eigenvalue weighted by Gasteiger charge is -2.24. The predicted octanol–water partition coefficient (Wildman–Crippen LogP) is 1.43. The van der Waals surface area contributed by atoms with Crippen LogP contribution in [0.4, 0.5) is 4.79 Å². The predicted molar refractivity (Wildman–Crippen MR) is 63.9 cm³/mol. The van der Waals surface area contributed by atoms with E-state index in [1.807, 2.05) is 20.8 Å². The Kier molecular flexibility index (Phi) is 4.20. The highest BCUT2D eigenvalue weighted by molar-refractivity contribution is 5.84. The molecule has 0 aromatic heterocycles. The standard InChI is InChI=1S/C11H21N3O3/c1-11(2,3)17-10(15)13-8-6-4-5-7(8)9(12)14-16/h7-8,16H,4-6H2,1-3H3,(H2,12,14)(H,13,15)/t7-,8+/m1/s1. The minimum Gasteiger partial charge on any atom is -0.444 e. The van der Waals surface area contributed by atoms with Crippen molar-refractivity contribution in [2.24, 2.45) is 16.8 Å². The van der Waals surface area contributed by atoms with Gasteiger partial charge >= 0.3 is 6.09 Å². The molecule has 4 N–H and O–H groups in total. The summed E-state index contributed by atoms with van der Waals surface area (Å²) in [5, 5.41) is 14.4. The van der Waals surface area contributed by atoms with Crippen molar-refractivity contribution >= 4 is 11.9 Å². The number of nitrogens with one attached hydrogen (secondary N) is 1. The zero-order chi connectivity index (χ0) is 13.1. The third-order valence-corrected chi connectivity index (χ3v) is 2.71. The van der Waals surface area contributed by atoms with E-state index in [0.29, 0.717) is 0 Å². The lowest BCUT2D eigenvalue weighted by Crippen LogP contribution is -2.44. The summed E-state index contributed by atoms with van der Waals surface area (Å²) in [5.41, 5.74) is 5.06. The minimum absolute atomic E-state index is 0.104. The van der Waals surface area contributed by atoms with Gasteiger partial charge in [-0.05, 0) is 33.6 Å². The Balaban J connectivity index is 2.53. The molecule has 1 rings (SSSR count). The monoisotopic (exact) mass is 243 g/mol. The molecule has 0 aromatic carbocycles. The first-order valence-electron chi connectivity index (χ1n) is 5.80. The molecule has 0 radical (unpaired) electrons. The lowest BCUT2D eigenvalue weighted by molar-refractivity contribution is 0.0499. The summed E-state index contributed by atoms with van der Waals surface area (Å²) in [4.78, 5) is 11.6. The van der Waals surface area contributed by atoms with Crippen LogP contribution in [0.15, 0.2) is 5.16 Å². The average Bonchev–Trinajstić information content (AvgIpc) is 2.61. The molecule has 1 aliphatic carbocycles. The molecule has 0 bridgehead atoms. The van der Waals surface area contributed by atoms with Crippen LogP contribution in [0, 0.1) is 5.92 Å². The number of hydrogen-bond acceptors (Lipinski definition) is 4. The molecule has 1 fully saturated rings. The number of nitrogens with zero attached hydrogens (tertiary/aromatic N) is 1. The van der Waals surface area contributed by atoms with E-state index in [4.69, 9.17) is 15.7 Å². The van der Waals surface area contributed by atoms with Crippen LogP contribution < -0.4 is 11.1 Å². The molecule has 0 saturated heterocycles. The fourth-order valence-electron chi connectivity index (χ4n) is 2.02. The molecule has 6 nitrogen and oxygen atoms in total. The largest absolute Gasteiger partial charge is 0.444 e. The fourth-order valence-corrected chi connectivity index (χ4v) is 2.02. The van der Waals surface area contributed by atoms with Gasteiger partial charge in [0.25, 0.3) is 0 Å². The number of ether oxygens (including phenoxy) is 1. The smallest absolute Gasteiger partial charge is 0.407 e. The summed E-state index contributed by atoms with van der Waals surface area (Å²) in [5.74, 6) is 0.0658. The molecule has 98 valence electrons. The third kappa shape index (κ3) is 4.13. The molecule has 0 unspecified atom stereocenters. The summed E-state index contributed by atoms with van der Waals surface area (Å²) in [6.45, 7) is 5.42. The third-order valence-electron chi connectivity index (χ3n) is 2.71. The van der Waals surface area contributed by atoms with E-state index in [2.05, 4.69) is 10.5 Å². The van der Waals surface area contributed by atoms with E-state index in [1.54, 1.807) is 0 Å². The number of carbonyl (C=O) groups excluding carboxylic acids is 1. The van der Waals surface area contributed by atoms with Gasteiger partial charge in [0.05, 0.1) is 0 Å². The van der Waals surface area contributed by atoms with Gasteiger partial charge in [0.1, 0.15) is 11.4 Å². The van der Waals surface area contributed by atoms with Crippen LogP contribution in [-0.4, -0.2) is 28.8 Å². The number of hydrogen-bond donors (Lipinski definition) is 3. The number of nitrogens with two attached hydrogens (primary N) is 1. The Labute approximate surface area is 101 Å². The Morgan fingerprint density at radius 1 is 1.47 bits per heavy atom. The van der Waals surface area contributed by atoms with Crippen LogP contribution in [0.5, 0.6) is 0 Å². The Morgan fingerprint density at radius 2 is 2.12 bits per heavy atom. The SMILES string of the molecule is CC(C)(C)OC(=O)N[C@H]1CCC[C@H]1C(N)=NO. The molecule has 6 heteroatoms. The zero-order valence-corrected chi connectivity index (χ0v) is 10.6. The van der Waals surface area contributed by atoms with E-state index in [1.165, 1.54) is 0 Å². The Bertz CT molecular complexity index is 310. The van der Waals surface area contributed by atoms with E-state index in [-0.39, 0.29) is 17.8 Å². The first-order valence-corrected chi connectivity index (χ1v) is 5.80. The second-order valence-corrected chi connectivity index (χ2v) is 5.31. The van der Waals surface area contributed by atoms with Crippen LogP contribution in [-0.2, 0) is 4.74 Å². The lowest BCUT2D eigenvalue weighted by atomic mass is 10.0. The Morgan fingerprint density at radius 3 is 2.65 bits per heavy atom. The summed E-state index contributed by atoms with van der Waals surface area (Å²) in [6, 6.07) is -0.110. The summed E-state index contributed by atoms with van der Waals surface area (Å²) >= 11 is 0. The van der Waals surface area contributed by atoms with Crippen molar-refractivity contribution in [2.75, 3.05) is 0 Å². The van der Waals surface area contributed by atoms with Gasteiger partial charge in [0.15, 0.2) is 0 Å². The highest BCUT2D eigenvalue weighted by Crippen LogP contribution is 2.26. The average molecular weight is 243 g/mol. The van der Waals surface area contributed by atoms with Gasteiger partial charge in [0.2, 0.25) is 0 Å². The van der Waals surface area contributed by atoms with E-state index in [9.17, 15) is 4.79 Å². The number of amides is 1. The molecular weight excluding hydrogens is 222 g/mol. The molecular formula is C11H21N3O3. The first-order chi connectivity index (χ1) is 7.83. The van der Waals surface area contributed by atoms with Gasteiger partial charge in [-0.3, -0.25) is 0 Å². The first kappa shape index (κ1) is 13.6. The van der Waals surface area contributed by atoms with Gasteiger partial charge in [-0.2, -0.15) is 0 Å². The number of amidine groups is 1. The molecule has 1 aliphatic rings. The van der Waals surface area contributed by atoms with Gasteiger partial charge < -0.3 is 21.0 Å². The van der Waals surface area contributed by atoms with Crippen LogP contribution in [0.25, 0.3) is 0 Å². The second-order valence-electron chi connectivity index (χ2n) is 5.31. The van der Waals surface area contributed by atoms with Crippen molar-refractivity contribution in [3.05, 3.63) is 0 Å². The van der Waals surface area contributed by atoms with Gasteiger partial charge in [0, 0.05) is 12.0 Å². The summed E-state index contributed by atoms with van der Waals surface area (Å²) in [6.07, 6.45) is 2.12. The van der Waals surface area contributed by atoms with Gasteiger partial charge in [-0.15, -0.1) is 0 Å². The normalized spacial score (nSPS) is 25.7. The summed E-state index contributed by atoms with van der Waals surface area (Å²) < 4.78 is 5.17. The molecule has 0 spiro atoms. The fraction of sp³-hybridized carbons (Fsp3) is 0.818. The highest BCUT2D eigenvalue weighted by atomic mass is 16.6. The molecule has 17 heavy (non-hydrogen) atoms. The van der Waals surface area contributed by atoms with Crippen molar-refractivity contribution in [2.45, 2.75) is 51.7 Å². The molecule has 0 aromatic rings. The van der Waals surface area contributed by atoms with Crippen LogP contribution >= 0.6 is 0 Å². The van der Waals surface area contributed by atoms with E-state index in [0.717, 1.165) is 19.3 Å². The summed E-state index contributed by atoms with van der Waals surface area (Å²) in [7, 11) is 0. The maximum atomic E-state index is 11.6. The van der Waals surface area contributed by atoms with E-state index < -0.39 is 11.7 Å². The zero-order valence-electron chi connectivity index (χ0n) is 10.6. The maximum Gasteiger partial charge on any atom is 0.407 e. The van der Waals surface area contributed by atoms with E-state index >= 15 is 0 Å². The van der Waals surface area contributed by atoms with Gasteiger partial charge in [-0.25, -0.2) is 4.79 Å². The van der Waals surface area contributed by atoms with Crippen LogP contribution in [0.1, 0.15) is 40.0 Å². The topological polar surface area (TPSA) is 96.9 Å². The van der Waals surface area contributed by atoms with Crippen molar-refractivity contribution in [3.8, 4) is 0 Å². The van der Waals surface area contributed by atoms with Crippen LogP contribution in [0.2, 0.25) is 0 Å². The van der Waals surface area contributed by atoms with Gasteiger partial charge in [-0.1, -0.05) is 11.6 Å². The second kappa shape index (κ2) is 5.25. The maximum absolute atomic E-state index is 11.6. The molecule has 2 atom stereocenters. The van der Waals surface area contributed by atoms with Crippen molar-refractivity contribution < 1.29 is 14.7 Å². The number of alkyl carbamates (subject to hydrolysis) is 1. The highest BCUT2D eigenvalue weighted by Gasteiger charge is 2.32. The van der Waals surface area contributed by atoms with Crippen LogP contribution in [0.3, 0.4) is 0 Å². The van der Waals surface area contributed by atoms with Crippen molar-refractivity contribution in [1.29, 1.82) is 0 Å². The molecule has 1 amide bonds. The quantitative estimate of drug-likeness (QED) is 0.296. The van der Waals surface area contributed by atoms with Crippen molar-refractivity contribution in [1.82, 2.24) is 5.32 Å². The Hall–Kier alpha value is -1.46. The molecule has 0 heterocycles. The number of carbonyl (C=O) groups is 1.